The highest BCUT2D eigenvalue weighted by Crippen LogP contribution is 2.34. The average molecular weight is 418 g/mol. The van der Waals surface area contributed by atoms with Crippen LogP contribution >= 0.6 is 0 Å². The van der Waals surface area contributed by atoms with Gasteiger partial charge in [-0.05, 0) is 51.0 Å². The van der Waals surface area contributed by atoms with Crippen molar-refractivity contribution in [1.82, 2.24) is 14.5 Å². The van der Waals surface area contributed by atoms with E-state index in [0.717, 1.165) is 34.6 Å². The summed E-state index contributed by atoms with van der Waals surface area (Å²) in [4.78, 5) is 19.6. The molecule has 2 heterocycles. The van der Waals surface area contributed by atoms with Crippen LogP contribution in [-0.4, -0.2) is 39.0 Å². The van der Waals surface area contributed by atoms with Crippen LogP contribution in [0.25, 0.3) is 11.0 Å². The van der Waals surface area contributed by atoms with E-state index in [4.69, 9.17) is 9.72 Å². The lowest BCUT2D eigenvalue weighted by Crippen LogP contribution is -2.42. The van der Waals surface area contributed by atoms with Gasteiger partial charge in [-0.1, -0.05) is 36.4 Å². The van der Waals surface area contributed by atoms with E-state index in [1.165, 1.54) is 0 Å². The lowest BCUT2D eigenvalue weighted by molar-refractivity contribution is -0.131. The van der Waals surface area contributed by atoms with Crippen LogP contribution in [0.1, 0.15) is 44.5 Å². The zero-order valence-corrected chi connectivity index (χ0v) is 18.7. The highest BCUT2D eigenvalue weighted by atomic mass is 16.5. The van der Waals surface area contributed by atoms with Crippen LogP contribution in [-0.2, 0) is 17.8 Å². The van der Waals surface area contributed by atoms with Gasteiger partial charge in [0.05, 0.1) is 17.6 Å². The largest absolute Gasteiger partial charge is 0.491 e. The van der Waals surface area contributed by atoms with Crippen molar-refractivity contribution in [3.05, 3.63) is 72.6 Å². The number of carbonyl (C=O) groups excluding carboxylic acids is 1. The van der Waals surface area contributed by atoms with Gasteiger partial charge < -0.3 is 14.2 Å². The highest BCUT2D eigenvalue weighted by Gasteiger charge is 2.38. The standard InChI is InChI=1S/C26H31N3O2/c1-5-10-19-11-6-9-14-23(19)31-16-15-28-22-13-8-7-12-21(22)27-25(28)20-17-24(30)29(18-20)26(2,3)4/h5-9,11-14,20H,1,10,15-18H2,2-4H3/t20-/m1/s1. The molecule has 2 aromatic carbocycles. The van der Waals surface area contributed by atoms with Crippen molar-refractivity contribution < 1.29 is 9.53 Å². The number of aromatic nitrogens is 2. The summed E-state index contributed by atoms with van der Waals surface area (Å²) in [6.45, 7) is 12.0. The molecule has 5 nitrogen and oxygen atoms in total. The summed E-state index contributed by atoms with van der Waals surface area (Å²) in [6, 6.07) is 16.3. The molecular weight excluding hydrogens is 386 g/mol. The number of ether oxygens (including phenoxy) is 1. The Labute approximate surface area is 184 Å². The second-order valence-electron chi connectivity index (χ2n) is 9.14. The minimum Gasteiger partial charge on any atom is -0.491 e. The fraction of sp³-hybridized carbons (Fsp3) is 0.385. The number of fused-ring (bicyclic) bond motifs is 1. The van der Waals surface area contributed by atoms with Crippen LogP contribution in [0, 0.1) is 0 Å². The molecule has 0 N–H and O–H groups in total. The molecule has 1 amide bonds. The molecule has 0 unspecified atom stereocenters. The van der Waals surface area contributed by atoms with Gasteiger partial charge in [-0.3, -0.25) is 4.79 Å². The molecule has 0 spiro atoms. The third-order valence-corrected chi connectivity index (χ3v) is 5.89. The van der Waals surface area contributed by atoms with E-state index in [9.17, 15) is 4.79 Å². The van der Waals surface area contributed by atoms with E-state index in [2.05, 4.69) is 44.0 Å². The Balaban J connectivity index is 1.58. The fourth-order valence-electron chi connectivity index (χ4n) is 4.39. The Bertz CT molecular complexity index is 1090. The first-order chi connectivity index (χ1) is 14.9. The van der Waals surface area contributed by atoms with Gasteiger partial charge in [-0.25, -0.2) is 4.98 Å². The van der Waals surface area contributed by atoms with Crippen molar-refractivity contribution in [1.29, 1.82) is 0 Å². The van der Waals surface area contributed by atoms with Gasteiger partial charge in [0.2, 0.25) is 5.91 Å². The summed E-state index contributed by atoms with van der Waals surface area (Å²) in [6.07, 6.45) is 3.17. The molecule has 162 valence electrons. The van der Waals surface area contributed by atoms with E-state index in [0.29, 0.717) is 26.1 Å². The first-order valence-electron chi connectivity index (χ1n) is 11.0. The van der Waals surface area contributed by atoms with Crippen LogP contribution in [0.3, 0.4) is 0 Å². The Morgan fingerprint density at radius 2 is 1.90 bits per heavy atom. The van der Waals surface area contributed by atoms with E-state index >= 15 is 0 Å². The number of imidazole rings is 1. The van der Waals surface area contributed by atoms with Crippen molar-refractivity contribution in [2.24, 2.45) is 0 Å². The molecule has 3 aromatic rings. The second-order valence-corrected chi connectivity index (χ2v) is 9.14. The molecule has 0 radical (unpaired) electrons. The molecule has 0 aliphatic carbocycles. The molecule has 1 aliphatic heterocycles. The second kappa shape index (κ2) is 8.58. The molecule has 1 saturated heterocycles. The molecule has 1 aromatic heterocycles. The third kappa shape index (κ3) is 4.36. The van der Waals surface area contributed by atoms with E-state index < -0.39 is 0 Å². The Kier molecular flexibility index (Phi) is 5.86. The number of likely N-dealkylation sites (tertiary alicyclic amines) is 1. The zero-order chi connectivity index (χ0) is 22.0. The minimum absolute atomic E-state index is 0.0900. The maximum Gasteiger partial charge on any atom is 0.223 e. The minimum atomic E-state index is -0.180. The average Bonchev–Trinajstić information content (AvgIpc) is 3.30. The summed E-state index contributed by atoms with van der Waals surface area (Å²) in [5, 5.41) is 0. The number of nitrogens with zero attached hydrogens (tertiary/aromatic N) is 3. The van der Waals surface area contributed by atoms with Gasteiger partial charge in [0.15, 0.2) is 0 Å². The molecule has 1 fully saturated rings. The first-order valence-corrected chi connectivity index (χ1v) is 11.0. The predicted octanol–water partition coefficient (Wildman–Crippen LogP) is 4.96. The number of rotatable bonds is 7. The Hall–Kier alpha value is -3.08. The van der Waals surface area contributed by atoms with Gasteiger partial charge in [-0.15, -0.1) is 6.58 Å². The number of benzene rings is 2. The molecule has 4 rings (SSSR count). The molecular formula is C26H31N3O2. The Morgan fingerprint density at radius 1 is 1.16 bits per heavy atom. The fourth-order valence-corrected chi connectivity index (χ4v) is 4.39. The van der Waals surface area contributed by atoms with Gasteiger partial charge in [0.25, 0.3) is 0 Å². The number of carbonyl (C=O) groups is 1. The summed E-state index contributed by atoms with van der Waals surface area (Å²) in [5.41, 5.74) is 3.00. The topological polar surface area (TPSA) is 47.4 Å². The predicted molar refractivity (Wildman–Crippen MR) is 124 cm³/mol. The molecule has 5 heteroatoms. The van der Waals surface area contributed by atoms with Gasteiger partial charge in [0, 0.05) is 24.4 Å². The van der Waals surface area contributed by atoms with Crippen molar-refractivity contribution in [3.63, 3.8) is 0 Å². The van der Waals surface area contributed by atoms with Gasteiger partial charge >= 0.3 is 0 Å². The van der Waals surface area contributed by atoms with Crippen LogP contribution < -0.4 is 4.74 Å². The maximum absolute atomic E-state index is 12.7. The highest BCUT2D eigenvalue weighted by molar-refractivity contribution is 5.81. The molecule has 1 atom stereocenters. The van der Waals surface area contributed by atoms with Crippen molar-refractivity contribution in [2.45, 2.75) is 51.6 Å². The van der Waals surface area contributed by atoms with Crippen molar-refractivity contribution in [2.75, 3.05) is 13.2 Å². The lowest BCUT2D eigenvalue weighted by atomic mass is 10.1. The van der Waals surface area contributed by atoms with E-state index in [1.807, 2.05) is 47.4 Å². The molecule has 0 bridgehead atoms. The Morgan fingerprint density at radius 3 is 2.65 bits per heavy atom. The van der Waals surface area contributed by atoms with E-state index in [1.54, 1.807) is 0 Å². The third-order valence-electron chi connectivity index (χ3n) is 5.89. The first kappa shape index (κ1) is 21.2. The quantitative estimate of drug-likeness (QED) is 0.511. The maximum atomic E-state index is 12.7. The number of allylic oxidation sites excluding steroid dienone is 1. The SMILES string of the molecule is C=CCc1ccccc1OCCn1c([C@@H]2CC(=O)N(C(C)(C)C)C2)nc2ccccc21. The van der Waals surface area contributed by atoms with Crippen molar-refractivity contribution >= 4 is 16.9 Å². The summed E-state index contributed by atoms with van der Waals surface area (Å²) >= 11 is 0. The number of hydrogen-bond donors (Lipinski definition) is 0. The molecule has 0 saturated carbocycles. The summed E-state index contributed by atoms with van der Waals surface area (Å²) in [7, 11) is 0. The zero-order valence-electron chi connectivity index (χ0n) is 18.7. The van der Waals surface area contributed by atoms with Crippen LogP contribution in [0.2, 0.25) is 0 Å². The normalized spacial score (nSPS) is 16.8. The summed E-state index contributed by atoms with van der Waals surface area (Å²) in [5.74, 6) is 2.16. The van der Waals surface area contributed by atoms with Crippen LogP contribution in [0.15, 0.2) is 61.2 Å². The van der Waals surface area contributed by atoms with Crippen molar-refractivity contribution in [3.8, 4) is 5.75 Å². The molecule has 1 aliphatic rings. The van der Waals surface area contributed by atoms with Gasteiger partial charge in [-0.2, -0.15) is 0 Å². The smallest absolute Gasteiger partial charge is 0.223 e. The number of amides is 1. The van der Waals surface area contributed by atoms with Crippen LogP contribution in [0.4, 0.5) is 0 Å². The summed E-state index contributed by atoms with van der Waals surface area (Å²) < 4.78 is 8.38. The van der Waals surface area contributed by atoms with E-state index in [-0.39, 0.29) is 17.4 Å². The lowest BCUT2D eigenvalue weighted by Gasteiger charge is -2.32. The van der Waals surface area contributed by atoms with Gasteiger partial charge in [0.1, 0.15) is 18.2 Å². The molecule has 31 heavy (non-hydrogen) atoms. The monoisotopic (exact) mass is 417 g/mol. The van der Waals surface area contributed by atoms with Crippen LogP contribution in [0.5, 0.6) is 5.75 Å². The number of hydrogen-bond acceptors (Lipinski definition) is 3. The number of para-hydroxylation sites is 3.